The normalized spacial score (nSPS) is 21.4. The predicted octanol–water partition coefficient (Wildman–Crippen LogP) is 3.45. The zero-order chi connectivity index (χ0) is 19.2. The molecule has 2 N–H and O–H groups in total. The van der Waals surface area contributed by atoms with Crippen molar-refractivity contribution < 1.29 is 19.8 Å². The first kappa shape index (κ1) is 20.7. The van der Waals surface area contributed by atoms with Crippen molar-refractivity contribution in [3.8, 4) is 11.8 Å². The number of carboxylic acids is 1. The number of allylic oxidation sites excluding steroid dienone is 6. The van der Waals surface area contributed by atoms with Crippen molar-refractivity contribution in [1.82, 2.24) is 0 Å². The molecule has 0 aromatic rings. The molecule has 0 saturated carbocycles. The van der Waals surface area contributed by atoms with Gasteiger partial charge in [0.15, 0.2) is 5.78 Å². The highest BCUT2D eigenvalue weighted by atomic mass is 16.4. The number of aliphatic hydroxyl groups excluding tert-OH is 1. The summed E-state index contributed by atoms with van der Waals surface area (Å²) < 4.78 is 0. The van der Waals surface area contributed by atoms with Crippen LogP contribution in [0.2, 0.25) is 0 Å². The Morgan fingerprint density at radius 1 is 1.36 bits per heavy atom. The lowest BCUT2D eigenvalue weighted by Gasteiger charge is -2.37. The summed E-state index contributed by atoms with van der Waals surface area (Å²) in [6, 6.07) is 0. The van der Waals surface area contributed by atoms with Crippen LogP contribution in [0, 0.1) is 23.2 Å². The third kappa shape index (κ3) is 5.88. The van der Waals surface area contributed by atoms with Gasteiger partial charge in [0.1, 0.15) is 0 Å². The van der Waals surface area contributed by atoms with Crippen LogP contribution in [0.4, 0.5) is 0 Å². The SMILES string of the molecule is CC1=C(C#C/C(C)=C\CO)C(=O)CC(C)(C)C1/C=C/C(C)=C\C(=O)O. The standard InChI is InChI=1S/C21H26O4/c1-14(10-11-22)6-8-17-16(3)18(21(4,5)13-19(17)23)9-7-15(2)12-20(24)25/h7,9-10,12,18,22H,11,13H2,1-5H3,(H,24,25)/b9-7+,14-10-,15-12-. The molecule has 1 atom stereocenters. The highest BCUT2D eigenvalue weighted by molar-refractivity contribution is 6.02. The number of ketones is 1. The smallest absolute Gasteiger partial charge is 0.328 e. The highest BCUT2D eigenvalue weighted by Gasteiger charge is 2.38. The van der Waals surface area contributed by atoms with Gasteiger partial charge in [0.2, 0.25) is 0 Å². The van der Waals surface area contributed by atoms with Crippen molar-refractivity contribution >= 4 is 11.8 Å². The van der Waals surface area contributed by atoms with Gasteiger partial charge < -0.3 is 10.2 Å². The average Bonchev–Trinajstić information content (AvgIpc) is 2.45. The molecule has 1 aliphatic carbocycles. The summed E-state index contributed by atoms with van der Waals surface area (Å²) in [6.45, 7) is 9.39. The van der Waals surface area contributed by atoms with Crippen molar-refractivity contribution in [2.24, 2.45) is 11.3 Å². The summed E-state index contributed by atoms with van der Waals surface area (Å²) in [4.78, 5) is 23.2. The van der Waals surface area contributed by atoms with Gasteiger partial charge in [0.05, 0.1) is 12.2 Å². The van der Waals surface area contributed by atoms with Gasteiger partial charge in [-0.3, -0.25) is 4.79 Å². The van der Waals surface area contributed by atoms with Gasteiger partial charge in [-0.25, -0.2) is 4.79 Å². The van der Waals surface area contributed by atoms with Crippen molar-refractivity contribution in [3.05, 3.63) is 46.6 Å². The molecule has 0 bridgehead atoms. The molecule has 0 aromatic carbocycles. The van der Waals surface area contributed by atoms with E-state index in [-0.39, 0.29) is 23.7 Å². The van der Waals surface area contributed by atoms with Gasteiger partial charge in [0, 0.05) is 18.4 Å². The molecular formula is C21H26O4. The molecule has 0 fully saturated rings. The van der Waals surface area contributed by atoms with Crippen molar-refractivity contribution in [2.75, 3.05) is 6.61 Å². The Bertz CT molecular complexity index is 734. The molecule has 0 aliphatic heterocycles. The summed E-state index contributed by atoms with van der Waals surface area (Å²) >= 11 is 0. The second-order valence-corrected chi connectivity index (χ2v) is 7.03. The van der Waals surface area contributed by atoms with E-state index in [4.69, 9.17) is 10.2 Å². The minimum Gasteiger partial charge on any atom is -0.478 e. The summed E-state index contributed by atoms with van der Waals surface area (Å²) in [5.74, 6) is 4.90. The minimum absolute atomic E-state index is 0.00577. The van der Waals surface area contributed by atoms with E-state index in [1.807, 2.05) is 26.8 Å². The van der Waals surface area contributed by atoms with Crippen LogP contribution in [0.5, 0.6) is 0 Å². The van der Waals surface area contributed by atoms with Crippen LogP contribution in [-0.2, 0) is 9.59 Å². The first-order chi connectivity index (χ1) is 11.6. The van der Waals surface area contributed by atoms with E-state index >= 15 is 0 Å². The van der Waals surface area contributed by atoms with Crippen LogP contribution in [0.3, 0.4) is 0 Å². The molecule has 0 amide bonds. The van der Waals surface area contributed by atoms with E-state index in [2.05, 4.69) is 11.8 Å². The first-order valence-electron chi connectivity index (χ1n) is 8.21. The molecule has 0 saturated heterocycles. The molecule has 1 rings (SSSR count). The highest BCUT2D eigenvalue weighted by Crippen LogP contribution is 2.43. The minimum atomic E-state index is -0.981. The fourth-order valence-corrected chi connectivity index (χ4v) is 2.99. The lowest BCUT2D eigenvalue weighted by atomic mass is 9.66. The molecule has 134 valence electrons. The maximum Gasteiger partial charge on any atom is 0.328 e. The number of hydrogen-bond acceptors (Lipinski definition) is 3. The zero-order valence-electron chi connectivity index (χ0n) is 15.5. The number of carbonyl (C=O) groups is 2. The van der Waals surface area contributed by atoms with Crippen LogP contribution in [-0.4, -0.2) is 28.6 Å². The number of carbonyl (C=O) groups excluding carboxylic acids is 1. The van der Waals surface area contributed by atoms with E-state index in [1.54, 1.807) is 26.0 Å². The molecule has 0 heterocycles. The average molecular weight is 342 g/mol. The van der Waals surface area contributed by atoms with Gasteiger partial charge in [-0.05, 0) is 49.0 Å². The molecule has 0 radical (unpaired) electrons. The molecule has 25 heavy (non-hydrogen) atoms. The van der Waals surface area contributed by atoms with E-state index in [0.29, 0.717) is 23.1 Å². The molecule has 1 unspecified atom stereocenters. The topological polar surface area (TPSA) is 74.6 Å². The van der Waals surface area contributed by atoms with Crippen LogP contribution < -0.4 is 0 Å². The Labute approximate surface area is 149 Å². The van der Waals surface area contributed by atoms with Crippen molar-refractivity contribution in [3.63, 3.8) is 0 Å². The Morgan fingerprint density at radius 3 is 2.56 bits per heavy atom. The number of aliphatic hydroxyl groups is 1. The summed E-state index contributed by atoms with van der Waals surface area (Å²) in [5.41, 5.74) is 2.50. The Kier molecular flexibility index (Phi) is 7.14. The van der Waals surface area contributed by atoms with Gasteiger partial charge in [0.25, 0.3) is 0 Å². The third-order valence-corrected chi connectivity index (χ3v) is 4.28. The monoisotopic (exact) mass is 342 g/mol. The number of rotatable bonds is 4. The van der Waals surface area contributed by atoms with E-state index in [9.17, 15) is 9.59 Å². The Morgan fingerprint density at radius 2 is 2.00 bits per heavy atom. The van der Waals surface area contributed by atoms with Gasteiger partial charge in [-0.15, -0.1) is 0 Å². The lowest BCUT2D eigenvalue weighted by Crippen LogP contribution is -2.33. The first-order valence-corrected chi connectivity index (χ1v) is 8.21. The maximum atomic E-state index is 12.5. The third-order valence-electron chi connectivity index (χ3n) is 4.28. The predicted molar refractivity (Wildman–Crippen MR) is 98.7 cm³/mol. The quantitative estimate of drug-likeness (QED) is 0.466. The second-order valence-electron chi connectivity index (χ2n) is 7.03. The molecule has 0 aromatic heterocycles. The summed E-state index contributed by atoms with van der Waals surface area (Å²) in [6.07, 6.45) is 6.86. The van der Waals surface area contributed by atoms with E-state index in [1.165, 1.54) is 0 Å². The molecule has 1 aliphatic rings. The number of hydrogen-bond donors (Lipinski definition) is 2. The second kappa shape index (κ2) is 8.64. The van der Waals surface area contributed by atoms with E-state index in [0.717, 1.165) is 11.6 Å². The molecule has 4 nitrogen and oxygen atoms in total. The number of aliphatic carboxylic acids is 1. The number of Topliss-reactive ketones (excluding diaryl/α,β-unsaturated/α-hetero) is 1. The fourth-order valence-electron chi connectivity index (χ4n) is 2.99. The summed E-state index contributed by atoms with van der Waals surface area (Å²) in [5, 5.41) is 17.7. The summed E-state index contributed by atoms with van der Waals surface area (Å²) in [7, 11) is 0. The molecular weight excluding hydrogens is 316 g/mol. The Balaban J connectivity index is 3.29. The van der Waals surface area contributed by atoms with Crippen LogP contribution in [0.1, 0.15) is 41.0 Å². The maximum absolute atomic E-state index is 12.5. The Hall–Kier alpha value is -2.38. The van der Waals surface area contributed by atoms with Crippen LogP contribution in [0.15, 0.2) is 46.6 Å². The largest absolute Gasteiger partial charge is 0.478 e. The van der Waals surface area contributed by atoms with Gasteiger partial charge in [-0.1, -0.05) is 37.8 Å². The lowest BCUT2D eigenvalue weighted by molar-refractivity contribution is -0.131. The van der Waals surface area contributed by atoms with Gasteiger partial charge in [-0.2, -0.15) is 0 Å². The van der Waals surface area contributed by atoms with Gasteiger partial charge >= 0.3 is 5.97 Å². The van der Waals surface area contributed by atoms with Crippen molar-refractivity contribution in [1.29, 1.82) is 0 Å². The van der Waals surface area contributed by atoms with Crippen molar-refractivity contribution in [2.45, 2.75) is 41.0 Å². The fraction of sp³-hybridized carbons (Fsp3) is 0.429. The van der Waals surface area contributed by atoms with E-state index < -0.39 is 5.97 Å². The number of carboxylic acid groups (broad SMARTS) is 1. The zero-order valence-corrected chi connectivity index (χ0v) is 15.5. The van der Waals surface area contributed by atoms with Crippen LogP contribution in [0.25, 0.3) is 0 Å². The van der Waals surface area contributed by atoms with Crippen LogP contribution >= 0.6 is 0 Å². The molecule has 0 spiro atoms. The molecule has 4 heteroatoms.